The average Bonchev–Trinajstić information content (AvgIpc) is 3.79. The molecule has 0 bridgehead atoms. The number of nitrogens with zero attached hydrogens (tertiary/aromatic N) is 1. The van der Waals surface area contributed by atoms with Crippen LogP contribution in [-0.4, -0.2) is 0 Å². The molecule has 0 unspecified atom stereocenters. The lowest BCUT2D eigenvalue weighted by Gasteiger charge is -2.33. The van der Waals surface area contributed by atoms with Gasteiger partial charge in [-0.1, -0.05) is 182 Å². The SMILES string of the molecule is c1ccc(N(c2ccc(-c3cccc4c3oc3c5c(ccc34)C(c3ccccc3)(c3ccccc3)c3ccccc3-5)cc2)c2cccc3ccccc23)cc1. The number of hydrogen-bond donors (Lipinski definition) is 0. The Bertz CT molecular complexity index is 2970. The fourth-order valence-electron chi connectivity index (χ4n) is 9.20. The van der Waals surface area contributed by atoms with E-state index in [0.717, 1.165) is 50.1 Å². The molecule has 2 nitrogen and oxygen atoms in total. The highest BCUT2D eigenvalue weighted by molar-refractivity contribution is 6.15. The minimum Gasteiger partial charge on any atom is -0.455 e. The third-order valence-corrected chi connectivity index (χ3v) is 11.5. The van der Waals surface area contributed by atoms with E-state index in [-0.39, 0.29) is 0 Å². The van der Waals surface area contributed by atoms with E-state index in [4.69, 9.17) is 4.42 Å². The zero-order chi connectivity index (χ0) is 36.3. The summed E-state index contributed by atoms with van der Waals surface area (Å²) in [7, 11) is 0. The molecule has 1 aromatic heterocycles. The molecule has 0 fully saturated rings. The van der Waals surface area contributed by atoms with Crippen LogP contribution in [0.1, 0.15) is 22.3 Å². The van der Waals surface area contributed by atoms with Gasteiger partial charge in [0.05, 0.1) is 11.1 Å². The largest absolute Gasteiger partial charge is 0.455 e. The van der Waals surface area contributed by atoms with Crippen LogP contribution in [0.2, 0.25) is 0 Å². The molecule has 1 heterocycles. The predicted molar refractivity (Wildman–Crippen MR) is 229 cm³/mol. The van der Waals surface area contributed by atoms with Gasteiger partial charge in [-0.05, 0) is 69.1 Å². The zero-order valence-corrected chi connectivity index (χ0v) is 30.1. The molecule has 0 atom stereocenters. The van der Waals surface area contributed by atoms with E-state index < -0.39 is 5.41 Å². The lowest BCUT2D eigenvalue weighted by atomic mass is 9.68. The smallest absolute Gasteiger partial charge is 0.143 e. The Morgan fingerprint density at radius 1 is 0.364 bits per heavy atom. The van der Waals surface area contributed by atoms with Crippen molar-refractivity contribution in [3.8, 4) is 22.3 Å². The Hall–Kier alpha value is -7.16. The highest BCUT2D eigenvalue weighted by Crippen LogP contribution is 2.58. The van der Waals surface area contributed by atoms with Crippen LogP contribution in [0.25, 0.3) is 55.0 Å². The van der Waals surface area contributed by atoms with Gasteiger partial charge in [-0.3, -0.25) is 0 Å². The number of fused-ring (bicyclic) bond motifs is 8. The molecule has 258 valence electrons. The number of furan rings is 1. The first-order valence-corrected chi connectivity index (χ1v) is 18.9. The molecule has 1 aliphatic rings. The van der Waals surface area contributed by atoms with Gasteiger partial charge in [0.15, 0.2) is 0 Å². The van der Waals surface area contributed by atoms with Gasteiger partial charge in [-0.2, -0.15) is 0 Å². The van der Waals surface area contributed by atoms with Crippen molar-refractivity contribution in [2.45, 2.75) is 5.41 Å². The number of benzene rings is 9. The Morgan fingerprint density at radius 3 is 1.69 bits per heavy atom. The van der Waals surface area contributed by atoms with Gasteiger partial charge in [-0.25, -0.2) is 0 Å². The first-order valence-electron chi connectivity index (χ1n) is 18.9. The maximum Gasteiger partial charge on any atom is 0.143 e. The summed E-state index contributed by atoms with van der Waals surface area (Å²) in [5, 5.41) is 4.68. The Morgan fingerprint density at radius 2 is 0.927 bits per heavy atom. The minimum absolute atomic E-state index is 0.477. The summed E-state index contributed by atoms with van der Waals surface area (Å²) in [5.74, 6) is 0. The molecule has 1 aliphatic carbocycles. The van der Waals surface area contributed by atoms with E-state index in [1.54, 1.807) is 0 Å². The summed E-state index contributed by atoms with van der Waals surface area (Å²) in [6, 6.07) is 76.6. The minimum atomic E-state index is -0.477. The summed E-state index contributed by atoms with van der Waals surface area (Å²) >= 11 is 0. The van der Waals surface area contributed by atoms with Gasteiger partial charge >= 0.3 is 0 Å². The lowest BCUT2D eigenvalue weighted by Crippen LogP contribution is -2.28. The fraction of sp³-hybridized carbons (Fsp3) is 0.0189. The molecule has 0 saturated carbocycles. The molecular formula is C53H35NO. The zero-order valence-electron chi connectivity index (χ0n) is 30.1. The predicted octanol–water partition coefficient (Wildman–Crippen LogP) is 14.2. The first kappa shape index (κ1) is 31.4. The molecule has 2 heteroatoms. The van der Waals surface area contributed by atoms with E-state index in [9.17, 15) is 0 Å². The number of para-hydroxylation sites is 2. The molecule has 0 amide bonds. The van der Waals surface area contributed by atoms with Crippen molar-refractivity contribution in [1.82, 2.24) is 0 Å². The molecule has 0 N–H and O–H groups in total. The van der Waals surface area contributed by atoms with Crippen LogP contribution in [0.5, 0.6) is 0 Å². The number of rotatable bonds is 6. The maximum atomic E-state index is 7.16. The lowest BCUT2D eigenvalue weighted by molar-refractivity contribution is 0.670. The summed E-state index contributed by atoms with van der Waals surface area (Å²) in [4.78, 5) is 2.35. The van der Waals surface area contributed by atoms with Crippen molar-refractivity contribution in [3.63, 3.8) is 0 Å². The van der Waals surface area contributed by atoms with Crippen molar-refractivity contribution in [1.29, 1.82) is 0 Å². The summed E-state index contributed by atoms with van der Waals surface area (Å²) in [6.07, 6.45) is 0. The van der Waals surface area contributed by atoms with Crippen molar-refractivity contribution in [3.05, 3.63) is 235 Å². The molecule has 55 heavy (non-hydrogen) atoms. The third-order valence-electron chi connectivity index (χ3n) is 11.5. The monoisotopic (exact) mass is 701 g/mol. The standard InChI is InChI=1S/C53H35NO/c1-4-18-38(19-5-1)53(39-20-6-2-7-21-39)47-28-13-12-25-46(47)50-48(53)35-34-45-44-27-15-26-43(51(44)55-52(45)50)37-30-32-41(33-31-37)54(40-22-8-3-9-23-40)49-29-14-17-36-16-10-11-24-42(36)49/h1-35H. The van der Waals surface area contributed by atoms with E-state index in [1.165, 1.54) is 44.2 Å². The van der Waals surface area contributed by atoms with Crippen molar-refractivity contribution in [2.24, 2.45) is 0 Å². The van der Waals surface area contributed by atoms with E-state index in [1.807, 2.05) is 0 Å². The second kappa shape index (κ2) is 12.5. The second-order valence-electron chi connectivity index (χ2n) is 14.4. The molecule has 9 aromatic carbocycles. The molecule has 0 aliphatic heterocycles. The van der Waals surface area contributed by atoms with Crippen LogP contribution < -0.4 is 4.90 Å². The summed E-state index contributed by atoms with van der Waals surface area (Å²) in [6.45, 7) is 0. The van der Waals surface area contributed by atoms with E-state index in [2.05, 4.69) is 217 Å². The molecule has 0 saturated heterocycles. The van der Waals surface area contributed by atoms with E-state index >= 15 is 0 Å². The van der Waals surface area contributed by atoms with Gasteiger partial charge in [0.25, 0.3) is 0 Å². The van der Waals surface area contributed by atoms with Crippen LogP contribution in [0.15, 0.2) is 217 Å². The van der Waals surface area contributed by atoms with Crippen LogP contribution in [0, 0.1) is 0 Å². The van der Waals surface area contributed by atoms with Gasteiger partial charge in [0.2, 0.25) is 0 Å². The van der Waals surface area contributed by atoms with Crippen LogP contribution in [0.3, 0.4) is 0 Å². The third kappa shape index (κ3) is 4.68. The topological polar surface area (TPSA) is 16.4 Å². The fourth-order valence-corrected chi connectivity index (χ4v) is 9.20. The highest BCUT2D eigenvalue weighted by atomic mass is 16.3. The number of anilines is 3. The first-order chi connectivity index (χ1) is 27.3. The summed E-state index contributed by atoms with van der Waals surface area (Å²) in [5.41, 5.74) is 14.3. The number of hydrogen-bond acceptors (Lipinski definition) is 2. The van der Waals surface area contributed by atoms with Gasteiger partial charge in [-0.15, -0.1) is 0 Å². The molecule has 0 radical (unpaired) electrons. The van der Waals surface area contributed by atoms with Crippen LogP contribution in [0.4, 0.5) is 17.1 Å². The summed E-state index contributed by atoms with van der Waals surface area (Å²) < 4.78 is 7.16. The van der Waals surface area contributed by atoms with Crippen molar-refractivity contribution in [2.75, 3.05) is 4.90 Å². The maximum absolute atomic E-state index is 7.16. The second-order valence-corrected chi connectivity index (χ2v) is 14.4. The van der Waals surface area contributed by atoms with Gasteiger partial charge in [0.1, 0.15) is 11.2 Å². The normalized spacial score (nSPS) is 12.9. The van der Waals surface area contributed by atoms with Crippen molar-refractivity contribution < 1.29 is 4.42 Å². The van der Waals surface area contributed by atoms with Crippen molar-refractivity contribution >= 4 is 49.8 Å². The Kier molecular flexibility index (Phi) is 7.11. The quantitative estimate of drug-likeness (QED) is 0.172. The highest BCUT2D eigenvalue weighted by Gasteiger charge is 2.47. The molecule has 11 rings (SSSR count). The van der Waals surface area contributed by atoms with Crippen LogP contribution >= 0.6 is 0 Å². The Balaban J connectivity index is 1.09. The molecule has 0 spiro atoms. The van der Waals surface area contributed by atoms with Gasteiger partial charge < -0.3 is 9.32 Å². The van der Waals surface area contributed by atoms with Gasteiger partial charge in [0, 0.05) is 38.7 Å². The Labute approximate surface area is 320 Å². The van der Waals surface area contributed by atoms with E-state index in [0.29, 0.717) is 0 Å². The molecule has 10 aromatic rings. The van der Waals surface area contributed by atoms with Crippen LogP contribution in [-0.2, 0) is 5.41 Å². The molecular weight excluding hydrogens is 667 g/mol. The average molecular weight is 702 g/mol.